The molecular weight excluding hydrogens is 236 g/mol. The monoisotopic (exact) mass is 250 g/mol. The maximum atomic E-state index is 4.53. The highest BCUT2D eigenvalue weighted by Crippen LogP contribution is 2.25. The Kier molecular flexibility index (Phi) is 2.83. The van der Waals surface area contributed by atoms with E-state index in [1.165, 1.54) is 0 Å². The number of aromatic nitrogens is 3. The summed E-state index contributed by atoms with van der Waals surface area (Å²) >= 11 is 0. The normalized spacial score (nSPS) is 10.6. The van der Waals surface area contributed by atoms with Gasteiger partial charge >= 0.3 is 0 Å². The van der Waals surface area contributed by atoms with E-state index in [1.807, 2.05) is 38.4 Å². The molecule has 0 spiro atoms. The third kappa shape index (κ3) is 2.12. The molecule has 0 radical (unpaired) electrons. The molecule has 4 nitrogen and oxygen atoms in total. The van der Waals surface area contributed by atoms with Gasteiger partial charge in [0.25, 0.3) is 0 Å². The summed E-state index contributed by atoms with van der Waals surface area (Å²) in [6.07, 6.45) is 3.64. The molecule has 2 aromatic heterocycles. The van der Waals surface area contributed by atoms with Crippen molar-refractivity contribution in [2.45, 2.75) is 6.92 Å². The summed E-state index contributed by atoms with van der Waals surface area (Å²) in [5.74, 6) is 0.631. The predicted octanol–water partition coefficient (Wildman–Crippen LogP) is 3.04. The van der Waals surface area contributed by atoms with Crippen LogP contribution in [0.15, 0.2) is 42.7 Å². The van der Waals surface area contributed by atoms with Crippen LogP contribution in [0.25, 0.3) is 22.2 Å². The Balaban J connectivity index is 2.18. The van der Waals surface area contributed by atoms with E-state index in [2.05, 4.69) is 32.4 Å². The molecule has 94 valence electrons. The first-order valence-electron chi connectivity index (χ1n) is 6.14. The van der Waals surface area contributed by atoms with E-state index in [1.54, 1.807) is 6.20 Å². The number of benzene rings is 1. The predicted molar refractivity (Wildman–Crippen MR) is 77.1 cm³/mol. The van der Waals surface area contributed by atoms with Gasteiger partial charge in [0.15, 0.2) is 0 Å². The van der Waals surface area contributed by atoms with Gasteiger partial charge in [0, 0.05) is 30.4 Å². The lowest BCUT2D eigenvalue weighted by molar-refractivity contribution is 1.12. The fourth-order valence-electron chi connectivity index (χ4n) is 2.08. The fourth-order valence-corrected chi connectivity index (χ4v) is 2.08. The zero-order valence-electron chi connectivity index (χ0n) is 10.9. The molecule has 0 saturated carbocycles. The largest absolute Gasteiger partial charge is 0.357 e. The minimum atomic E-state index is 0.631. The molecule has 0 aliphatic carbocycles. The SMILES string of the molecule is CNc1ncc(C)c(-c2ccc3ncccc3c2)n1. The number of rotatable bonds is 2. The van der Waals surface area contributed by atoms with E-state index in [4.69, 9.17) is 0 Å². The summed E-state index contributed by atoms with van der Waals surface area (Å²) in [7, 11) is 1.82. The summed E-state index contributed by atoms with van der Waals surface area (Å²) in [6.45, 7) is 2.02. The maximum absolute atomic E-state index is 4.53. The van der Waals surface area contributed by atoms with Crippen LogP contribution in [0.4, 0.5) is 5.95 Å². The first kappa shape index (κ1) is 11.6. The van der Waals surface area contributed by atoms with Gasteiger partial charge in [0.05, 0.1) is 11.2 Å². The Morgan fingerprint density at radius 1 is 1.11 bits per heavy atom. The minimum absolute atomic E-state index is 0.631. The molecule has 0 unspecified atom stereocenters. The number of nitrogens with zero attached hydrogens (tertiary/aromatic N) is 3. The third-order valence-corrected chi connectivity index (χ3v) is 3.07. The van der Waals surface area contributed by atoms with Gasteiger partial charge in [-0.3, -0.25) is 4.98 Å². The van der Waals surface area contributed by atoms with Crippen molar-refractivity contribution >= 4 is 16.9 Å². The van der Waals surface area contributed by atoms with Gasteiger partial charge in [-0.15, -0.1) is 0 Å². The summed E-state index contributed by atoms with van der Waals surface area (Å²) in [6, 6.07) is 10.2. The molecule has 0 aliphatic heterocycles. The van der Waals surface area contributed by atoms with Crippen molar-refractivity contribution in [2.24, 2.45) is 0 Å². The van der Waals surface area contributed by atoms with E-state index in [9.17, 15) is 0 Å². The Morgan fingerprint density at radius 3 is 2.84 bits per heavy atom. The molecule has 1 N–H and O–H groups in total. The van der Waals surface area contributed by atoms with Crippen molar-refractivity contribution < 1.29 is 0 Å². The molecule has 3 rings (SSSR count). The molecule has 0 amide bonds. The highest BCUT2D eigenvalue weighted by Gasteiger charge is 2.07. The second-order valence-corrected chi connectivity index (χ2v) is 4.39. The number of anilines is 1. The van der Waals surface area contributed by atoms with Crippen LogP contribution >= 0.6 is 0 Å². The molecule has 19 heavy (non-hydrogen) atoms. The quantitative estimate of drug-likeness (QED) is 0.759. The standard InChI is InChI=1S/C15H14N4/c1-10-9-18-15(16-2)19-14(10)12-5-6-13-11(8-12)4-3-7-17-13/h3-9H,1-2H3,(H,16,18,19). The van der Waals surface area contributed by atoms with Crippen LogP contribution < -0.4 is 5.32 Å². The molecule has 0 fully saturated rings. The summed E-state index contributed by atoms with van der Waals surface area (Å²) in [5, 5.41) is 4.08. The Morgan fingerprint density at radius 2 is 2.00 bits per heavy atom. The summed E-state index contributed by atoms with van der Waals surface area (Å²) in [4.78, 5) is 13.1. The number of nitrogens with one attached hydrogen (secondary N) is 1. The van der Waals surface area contributed by atoms with Crippen molar-refractivity contribution in [3.63, 3.8) is 0 Å². The first-order chi connectivity index (χ1) is 9.28. The van der Waals surface area contributed by atoms with Crippen LogP contribution in [0.5, 0.6) is 0 Å². The van der Waals surface area contributed by atoms with Crippen LogP contribution in [-0.2, 0) is 0 Å². The van der Waals surface area contributed by atoms with Crippen molar-refractivity contribution in [3.05, 3.63) is 48.3 Å². The van der Waals surface area contributed by atoms with Crippen molar-refractivity contribution in [1.82, 2.24) is 15.0 Å². The molecule has 0 bridgehead atoms. The molecule has 2 heterocycles. The smallest absolute Gasteiger partial charge is 0.222 e. The van der Waals surface area contributed by atoms with Gasteiger partial charge in [-0.25, -0.2) is 9.97 Å². The zero-order chi connectivity index (χ0) is 13.2. The summed E-state index contributed by atoms with van der Waals surface area (Å²) < 4.78 is 0. The number of fused-ring (bicyclic) bond motifs is 1. The first-order valence-corrected chi connectivity index (χ1v) is 6.14. The Bertz CT molecular complexity index is 737. The van der Waals surface area contributed by atoms with Gasteiger partial charge in [-0.2, -0.15) is 0 Å². The van der Waals surface area contributed by atoms with Gasteiger partial charge in [-0.1, -0.05) is 12.1 Å². The van der Waals surface area contributed by atoms with Crippen LogP contribution in [0, 0.1) is 6.92 Å². The molecule has 4 heteroatoms. The highest BCUT2D eigenvalue weighted by molar-refractivity contribution is 5.84. The number of hydrogen-bond acceptors (Lipinski definition) is 4. The molecule has 0 saturated heterocycles. The van der Waals surface area contributed by atoms with Crippen molar-refractivity contribution in [1.29, 1.82) is 0 Å². The molecule has 3 aromatic rings. The average Bonchev–Trinajstić information content (AvgIpc) is 2.47. The Hall–Kier alpha value is -2.49. The molecule has 0 aliphatic rings. The number of hydrogen-bond donors (Lipinski definition) is 1. The van der Waals surface area contributed by atoms with Crippen LogP contribution in [0.3, 0.4) is 0 Å². The van der Waals surface area contributed by atoms with E-state index in [-0.39, 0.29) is 0 Å². The second-order valence-electron chi connectivity index (χ2n) is 4.39. The van der Waals surface area contributed by atoms with E-state index >= 15 is 0 Å². The number of aryl methyl sites for hydroxylation is 1. The fraction of sp³-hybridized carbons (Fsp3) is 0.133. The number of pyridine rings is 1. The van der Waals surface area contributed by atoms with E-state index < -0.39 is 0 Å². The average molecular weight is 250 g/mol. The third-order valence-electron chi connectivity index (χ3n) is 3.07. The van der Waals surface area contributed by atoms with Gasteiger partial charge < -0.3 is 5.32 Å². The zero-order valence-corrected chi connectivity index (χ0v) is 10.9. The van der Waals surface area contributed by atoms with Gasteiger partial charge in [0.2, 0.25) is 5.95 Å². The minimum Gasteiger partial charge on any atom is -0.357 e. The molecule has 0 atom stereocenters. The van der Waals surface area contributed by atoms with Crippen LogP contribution in [0.1, 0.15) is 5.56 Å². The van der Waals surface area contributed by atoms with Gasteiger partial charge in [0.1, 0.15) is 0 Å². The molecular formula is C15H14N4. The molecule has 1 aromatic carbocycles. The van der Waals surface area contributed by atoms with Crippen LogP contribution in [0.2, 0.25) is 0 Å². The topological polar surface area (TPSA) is 50.7 Å². The van der Waals surface area contributed by atoms with Crippen molar-refractivity contribution in [2.75, 3.05) is 12.4 Å². The van der Waals surface area contributed by atoms with E-state index in [0.717, 1.165) is 27.7 Å². The summed E-state index contributed by atoms with van der Waals surface area (Å²) in [5.41, 5.74) is 4.08. The van der Waals surface area contributed by atoms with E-state index in [0.29, 0.717) is 5.95 Å². The van der Waals surface area contributed by atoms with Gasteiger partial charge in [-0.05, 0) is 30.7 Å². The van der Waals surface area contributed by atoms with Crippen LogP contribution in [-0.4, -0.2) is 22.0 Å². The Labute approximate surface area is 111 Å². The lowest BCUT2D eigenvalue weighted by Crippen LogP contribution is -1.99. The second kappa shape index (κ2) is 4.65. The lowest BCUT2D eigenvalue weighted by atomic mass is 10.1. The maximum Gasteiger partial charge on any atom is 0.222 e. The lowest BCUT2D eigenvalue weighted by Gasteiger charge is -2.08. The highest BCUT2D eigenvalue weighted by atomic mass is 15.1. The van der Waals surface area contributed by atoms with Crippen molar-refractivity contribution in [3.8, 4) is 11.3 Å².